The Labute approximate surface area is 147 Å². The smallest absolute Gasteiger partial charge is 0.271 e. The molecule has 1 amide bonds. The van der Waals surface area contributed by atoms with E-state index in [1.807, 2.05) is 26.0 Å². The zero-order chi connectivity index (χ0) is 18.2. The monoisotopic (exact) mass is 337 g/mol. The van der Waals surface area contributed by atoms with E-state index in [0.29, 0.717) is 18.7 Å². The molecule has 0 fully saturated rings. The van der Waals surface area contributed by atoms with Crippen LogP contribution in [-0.4, -0.2) is 33.4 Å². The van der Waals surface area contributed by atoms with Crippen molar-refractivity contribution in [2.45, 2.75) is 26.3 Å². The summed E-state index contributed by atoms with van der Waals surface area (Å²) in [4.78, 5) is 23.9. The van der Waals surface area contributed by atoms with Crippen LogP contribution in [0.15, 0.2) is 42.9 Å². The van der Waals surface area contributed by atoms with Crippen molar-refractivity contribution in [2.75, 3.05) is 6.54 Å². The lowest BCUT2D eigenvalue weighted by molar-refractivity contribution is 0.0946. The molecule has 130 valence electrons. The van der Waals surface area contributed by atoms with Gasteiger partial charge in [0.25, 0.3) is 5.91 Å². The first kappa shape index (κ1) is 18.4. The maximum Gasteiger partial charge on any atom is 0.271 e. The molecule has 2 heterocycles. The second-order valence-corrected chi connectivity index (χ2v) is 5.86. The molecule has 0 aliphatic heterocycles. The van der Waals surface area contributed by atoms with Crippen LogP contribution in [0, 0.1) is 6.92 Å². The van der Waals surface area contributed by atoms with E-state index in [2.05, 4.69) is 32.6 Å². The maximum atomic E-state index is 12.1. The normalized spacial score (nSPS) is 11.3. The van der Waals surface area contributed by atoms with Gasteiger partial charge < -0.3 is 16.0 Å². The molecule has 0 bridgehead atoms. The Morgan fingerprint density at radius 1 is 1.52 bits per heavy atom. The first-order chi connectivity index (χ1) is 12.0. The van der Waals surface area contributed by atoms with E-state index in [1.54, 1.807) is 18.3 Å². The Morgan fingerprint density at radius 3 is 3.04 bits per heavy atom. The summed E-state index contributed by atoms with van der Waals surface area (Å²) in [6.07, 6.45) is 8.95. The van der Waals surface area contributed by atoms with E-state index >= 15 is 0 Å². The number of nitrogens with one attached hydrogen (secondary N) is 2. The van der Waals surface area contributed by atoms with Gasteiger partial charge in [0.05, 0.1) is 11.9 Å². The van der Waals surface area contributed by atoms with E-state index in [9.17, 15) is 4.79 Å². The molecule has 2 rings (SSSR count). The summed E-state index contributed by atoms with van der Waals surface area (Å²) in [6.45, 7) is 7.86. The molecule has 0 saturated carbocycles. The number of aromatic amines is 1. The van der Waals surface area contributed by atoms with Crippen molar-refractivity contribution in [1.29, 1.82) is 0 Å². The second-order valence-electron chi connectivity index (χ2n) is 5.86. The topological polar surface area (TPSA) is 96.7 Å². The molecule has 0 aliphatic rings. The van der Waals surface area contributed by atoms with Crippen LogP contribution in [0.25, 0.3) is 6.08 Å². The highest BCUT2D eigenvalue weighted by Crippen LogP contribution is 2.14. The van der Waals surface area contributed by atoms with Gasteiger partial charge in [-0.25, -0.2) is 4.98 Å². The number of H-pyrrole nitrogens is 1. The first-order valence-electron chi connectivity index (χ1n) is 8.06. The summed E-state index contributed by atoms with van der Waals surface area (Å²) in [5, 5.41) is 2.73. The lowest BCUT2D eigenvalue weighted by Gasteiger charge is -2.07. The van der Waals surface area contributed by atoms with Gasteiger partial charge in [-0.1, -0.05) is 12.7 Å². The number of rotatable bonds is 7. The van der Waals surface area contributed by atoms with E-state index in [-0.39, 0.29) is 17.6 Å². The van der Waals surface area contributed by atoms with Gasteiger partial charge in [-0.15, -0.1) is 5.73 Å². The Kier molecular flexibility index (Phi) is 6.46. The first-order valence-corrected chi connectivity index (χ1v) is 8.06. The molecule has 0 aliphatic carbocycles. The van der Waals surface area contributed by atoms with Gasteiger partial charge in [-0.05, 0) is 31.6 Å². The van der Waals surface area contributed by atoms with Crippen LogP contribution >= 0.6 is 0 Å². The summed E-state index contributed by atoms with van der Waals surface area (Å²) >= 11 is 0. The van der Waals surface area contributed by atoms with Crippen molar-refractivity contribution in [3.05, 3.63) is 71.3 Å². The fraction of sp³-hybridized carbons (Fsp3) is 0.263. The van der Waals surface area contributed by atoms with Gasteiger partial charge >= 0.3 is 0 Å². The lowest BCUT2D eigenvalue weighted by atomic mass is 10.2. The van der Waals surface area contributed by atoms with Gasteiger partial charge in [0.2, 0.25) is 0 Å². The molecule has 0 radical (unpaired) electrons. The Balaban J connectivity index is 2.12. The van der Waals surface area contributed by atoms with Crippen LogP contribution in [0.5, 0.6) is 0 Å². The number of aromatic nitrogens is 3. The van der Waals surface area contributed by atoms with E-state index in [0.717, 1.165) is 17.0 Å². The third kappa shape index (κ3) is 5.57. The Hall–Kier alpha value is -2.95. The zero-order valence-corrected chi connectivity index (χ0v) is 14.5. The highest BCUT2D eigenvalue weighted by molar-refractivity contribution is 5.91. The molecule has 25 heavy (non-hydrogen) atoms. The molecule has 0 spiro atoms. The molecule has 4 N–H and O–H groups in total. The fourth-order valence-electron chi connectivity index (χ4n) is 2.23. The minimum Gasteiger partial charge on any atom is -0.358 e. The van der Waals surface area contributed by atoms with Crippen LogP contribution in [0.4, 0.5) is 0 Å². The number of nitrogens with zero attached hydrogens (tertiary/aromatic N) is 2. The Bertz CT molecular complexity index is 813. The summed E-state index contributed by atoms with van der Waals surface area (Å²) in [7, 11) is 0. The summed E-state index contributed by atoms with van der Waals surface area (Å²) < 4.78 is 0. The molecule has 2 aromatic rings. The van der Waals surface area contributed by atoms with Gasteiger partial charge in [-0.2, -0.15) is 0 Å². The van der Waals surface area contributed by atoms with Crippen LogP contribution in [0.1, 0.15) is 40.1 Å². The molecule has 1 unspecified atom stereocenters. The summed E-state index contributed by atoms with van der Waals surface area (Å²) in [6, 6.07) is 1.94. The third-order valence-corrected chi connectivity index (χ3v) is 3.43. The minimum absolute atomic E-state index is 0.108. The van der Waals surface area contributed by atoms with Gasteiger partial charge in [-0.3, -0.25) is 9.78 Å². The summed E-state index contributed by atoms with van der Waals surface area (Å²) in [5.41, 5.74) is 12.7. The van der Waals surface area contributed by atoms with Crippen LogP contribution in [0.3, 0.4) is 0 Å². The predicted octanol–water partition coefficient (Wildman–Crippen LogP) is 2.14. The maximum absolute atomic E-state index is 12.1. The molecular formula is C19H23N5O. The van der Waals surface area contributed by atoms with Crippen molar-refractivity contribution in [1.82, 2.24) is 20.3 Å². The Morgan fingerprint density at radius 2 is 2.32 bits per heavy atom. The minimum atomic E-state index is -0.271. The standard InChI is InChI=1S/C19H23N5O/c1-4-5-6-7-17-13(2)8-15(23-17)9-16-11-21-12-18(24-16)19(25)22-10-14(3)20/h4-5,7-8,11-12,14,23H,1,9-10,20H2,2-3H3,(H,22,25). The number of hydrogen-bond donors (Lipinski definition) is 3. The van der Waals surface area contributed by atoms with Crippen LogP contribution in [0.2, 0.25) is 0 Å². The van der Waals surface area contributed by atoms with E-state index in [4.69, 9.17) is 5.73 Å². The molecule has 2 aromatic heterocycles. The predicted molar refractivity (Wildman–Crippen MR) is 99.1 cm³/mol. The van der Waals surface area contributed by atoms with E-state index in [1.165, 1.54) is 6.20 Å². The largest absolute Gasteiger partial charge is 0.358 e. The SMILES string of the molecule is C=CC=C=Cc1[nH]c(Cc2cncc(C(=O)NCC(C)N)n2)cc1C. The molecule has 0 aromatic carbocycles. The van der Waals surface area contributed by atoms with Crippen LogP contribution < -0.4 is 11.1 Å². The number of amides is 1. The lowest BCUT2D eigenvalue weighted by Crippen LogP contribution is -2.35. The molecule has 6 nitrogen and oxygen atoms in total. The van der Waals surface area contributed by atoms with Gasteiger partial charge in [0, 0.05) is 42.7 Å². The molecular weight excluding hydrogens is 314 g/mol. The number of nitrogens with two attached hydrogens (primary N) is 1. The van der Waals surface area contributed by atoms with Crippen molar-refractivity contribution < 1.29 is 4.79 Å². The highest BCUT2D eigenvalue weighted by Gasteiger charge is 2.10. The van der Waals surface area contributed by atoms with E-state index < -0.39 is 0 Å². The third-order valence-electron chi connectivity index (χ3n) is 3.43. The number of carbonyl (C=O) groups excluding carboxylic acids is 1. The molecule has 1 atom stereocenters. The van der Waals surface area contributed by atoms with Crippen molar-refractivity contribution in [3.8, 4) is 0 Å². The van der Waals surface area contributed by atoms with Crippen LogP contribution in [-0.2, 0) is 6.42 Å². The van der Waals surface area contributed by atoms with Crippen molar-refractivity contribution in [3.63, 3.8) is 0 Å². The highest BCUT2D eigenvalue weighted by atomic mass is 16.1. The average molecular weight is 337 g/mol. The zero-order valence-electron chi connectivity index (χ0n) is 14.5. The fourth-order valence-corrected chi connectivity index (χ4v) is 2.23. The van der Waals surface area contributed by atoms with Gasteiger partial charge in [0.1, 0.15) is 5.69 Å². The average Bonchev–Trinajstić information content (AvgIpc) is 2.92. The van der Waals surface area contributed by atoms with Crippen molar-refractivity contribution in [2.24, 2.45) is 5.73 Å². The number of aryl methyl sites for hydroxylation is 1. The number of hydrogen-bond acceptors (Lipinski definition) is 4. The van der Waals surface area contributed by atoms with Gasteiger partial charge in [0.15, 0.2) is 0 Å². The molecule has 0 saturated heterocycles. The summed E-state index contributed by atoms with van der Waals surface area (Å²) in [5.74, 6) is -0.271. The number of allylic oxidation sites excluding steroid dienone is 2. The second kappa shape index (κ2) is 8.78. The molecule has 6 heteroatoms. The quantitative estimate of drug-likeness (QED) is 0.533. The number of carbonyl (C=O) groups is 1. The van der Waals surface area contributed by atoms with Crippen molar-refractivity contribution >= 4 is 12.0 Å².